The Morgan fingerprint density at radius 3 is 2.26 bits per heavy atom. The lowest BCUT2D eigenvalue weighted by atomic mass is 9.33. The third-order valence-electron chi connectivity index (χ3n) is 14.6. The van der Waals surface area contributed by atoms with E-state index < -0.39 is 29.0 Å². The molecule has 5 aliphatic rings. The van der Waals surface area contributed by atoms with Crippen LogP contribution in [0.2, 0.25) is 0 Å². The molecule has 0 saturated heterocycles. The summed E-state index contributed by atoms with van der Waals surface area (Å²) in [5, 5.41) is 22.3. The molecular formula is C37H52O5. The van der Waals surface area contributed by atoms with Crippen LogP contribution in [0.25, 0.3) is 0 Å². The molecule has 230 valence electrons. The highest BCUT2D eigenvalue weighted by molar-refractivity contribution is 5.89. The van der Waals surface area contributed by atoms with Gasteiger partial charge in [0.25, 0.3) is 0 Å². The molecule has 0 unspecified atom stereocenters. The number of rotatable bonds is 3. The maximum atomic E-state index is 13.2. The van der Waals surface area contributed by atoms with Crippen molar-refractivity contribution in [2.24, 2.45) is 56.7 Å². The van der Waals surface area contributed by atoms with Gasteiger partial charge in [0.1, 0.15) is 6.10 Å². The summed E-state index contributed by atoms with van der Waals surface area (Å²) in [5.41, 5.74) is 0.692. The van der Waals surface area contributed by atoms with Crippen molar-refractivity contribution in [3.05, 3.63) is 47.5 Å². The second-order valence-electron chi connectivity index (χ2n) is 16.4. The van der Waals surface area contributed by atoms with Gasteiger partial charge in [-0.3, -0.25) is 4.79 Å². The Kier molecular flexibility index (Phi) is 6.89. The van der Waals surface area contributed by atoms with E-state index in [1.54, 1.807) is 12.1 Å². The lowest BCUT2D eigenvalue weighted by Gasteiger charge is -2.71. The predicted molar refractivity (Wildman–Crippen MR) is 164 cm³/mol. The predicted octanol–water partition coefficient (Wildman–Crippen LogP) is 7.93. The molecule has 0 aliphatic heterocycles. The van der Waals surface area contributed by atoms with Crippen molar-refractivity contribution in [1.82, 2.24) is 0 Å². The zero-order valence-corrected chi connectivity index (χ0v) is 26.8. The molecule has 4 saturated carbocycles. The quantitative estimate of drug-likeness (QED) is 0.282. The lowest BCUT2D eigenvalue weighted by Crippen LogP contribution is -2.67. The van der Waals surface area contributed by atoms with E-state index in [4.69, 9.17) is 4.74 Å². The van der Waals surface area contributed by atoms with E-state index in [0.717, 1.165) is 44.9 Å². The molecule has 6 rings (SSSR count). The SMILES string of the molecule is C[C@H]1[C@H](C)CC[C@]2(C(=O)O)CC[C@]3(C)C(=CC[C@@H]4[C@@]5(C)C[C@@H](OC(=O)c6ccccc6)[C@H](O)C(C)(C)[C@@H]5CC[C@]43C)[C@H]12. The first-order valence-corrected chi connectivity index (χ1v) is 16.5. The zero-order valence-electron chi connectivity index (χ0n) is 26.8. The smallest absolute Gasteiger partial charge is 0.338 e. The van der Waals surface area contributed by atoms with E-state index in [-0.39, 0.29) is 28.1 Å². The van der Waals surface area contributed by atoms with Crippen molar-refractivity contribution < 1.29 is 24.5 Å². The van der Waals surface area contributed by atoms with Gasteiger partial charge in [-0.05, 0) is 115 Å². The van der Waals surface area contributed by atoms with Gasteiger partial charge in [-0.1, -0.05) is 78.3 Å². The summed E-state index contributed by atoms with van der Waals surface area (Å²) in [6, 6.07) is 9.10. The number of carboxylic acid groups (broad SMARTS) is 1. The molecule has 2 N–H and O–H groups in total. The standard InChI is InChI=1S/C37H52O5/c1-22-15-18-37(32(40)41)20-19-35(6)25(29(37)23(22)2)13-14-28-34(5)21-26(42-31(39)24-11-9-8-10-12-24)30(38)33(3,4)27(34)16-17-36(28,35)7/h8-13,22-23,26-30,38H,14-21H2,1-7H3,(H,40,41)/t22-,23+,26-,27+,28-,29+,30+,34+,35-,36-,37+/m1/s1. The highest BCUT2D eigenvalue weighted by Gasteiger charge is 2.70. The number of esters is 1. The third-order valence-corrected chi connectivity index (χ3v) is 14.6. The molecule has 11 atom stereocenters. The fourth-order valence-corrected chi connectivity index (χ4v) is 11.8. The number of fused-ring (bicyclic) bond motifs is 7. The Morgan fingerprint density at radius 2 is 1.60 bits per heavy atom. The highest BCUT2D eigenvalue weighted by Crippen LogP contribution is 2.75. The molecule has 0 amide bonds. The van der Waals surface area contributed by atoms with Gasteiger partial charge in [0, 0.05) is 0 Å². The molecule has 5 heteroatoms. The van der Waals surface area contributed by atoms with Gasteiger partial charge in [-0.25, -0.2) is 4.79 Å². The van der Waals surface area contributed by atoms with Crippen molar-refractivity contribution in [2.45, 2.75) is 112 Å². The van der Waals surface area contributed by atoms with E-state index >= 15 is 0 Å². The molecule has 1 aromatic rings. The van der Waals surface area contributed by atoms with E-state index in [0.29, 0.717) is 35.7 Å². The van der Waals surface area contributed by atoms with E-state index in [1.807, 2.05) is 18.2 Å². The van der Waals surface area contributed by atoms with Gasteiger partial charge in [-0.15, -0.1) is 0 Å². The monoisotopic (exact) mass is 576 g/mol. The van der Waals surface area contributed by atoms with Gasteiger partial charge < -0.3 is 14.9 Å². The van der Waals surface area contributed by atoms with Gasteiger partial charge in [0.2, 0.25) is 0 Å². The number of carboxylic acids is 1. The second-order valence-corrected chi connectivity index (χ2v) is 16.4. The molecule has 4 fully saturated rings. The molecule has 42 heavy (non-hydrogen) atoms. The number of carbonyl (C=O) groups excluding carboxylic acids is 1. The number of benzene rings is 1. The molecule has 1 aromatic carbocycles. The van der Waals surface area contributed by atoms with Gasteiger partial charge in [0.15, 0.2) is 0 Å². The summed E-state index contributed by atoms with van der Waals surface area (Å²) in [7, 11) is 0. The van der Waals surface area contributed by atoms with Crippen molar-refractivity contribution in [2.75, 3.05) is 0 Å². The molecule has 0 aromatic heterocycles. The van der Waals surface area contributed by atoms with Gasteiger partial charge in [-0.2, -0.15) is 0 Å². The number of allylic oxidation sites excluding steroid dienone is 2. The fraction of sp³-hybridized carbons (Fsp3) is 0.730. The topological polar surface area (TPSA) is 83.8 Å². The Morgan fingerprint density at radius 1 is 0.905 bits per heavy atom. The van der Waals surface area contributed by atoms with Gasteiger partial charge >= 0.3 is 11.9 Å². The minimum absolute atomic E-state index is 0.000235. The molecular weight excluding hydrogens is 524 g/mol. The average Bonchev–Trinajstić information content (AvgIpc) is 2.94. The van der Waals surface area contributed by atoms with Crippen LogP contribution in [0, 0.1) is 56.7 Å². The molecule has 0 spiro atoms. The van der Waals surface area contributed by atoms with E-state index in [2.05, 4.69) is 54.5 Å². The van der Waals surface area contributed by atoms with Crippen LogP contribution in [-0.2, 0) is 9.53 Å². The first-order valence-electron chi connectivity index (χ1n) is 16.5. The van der Waals surface area contributed by atoms with Crippen molar-refractivity contribution in [3.8, 4) is 0 Å². The Bertz CT molecular complexity index is 1280. The van der Waals surface area contributed by atoms with Crippen molar-refractivity contribution >= 4 is 11.9 Å². The van der Waals surface area contributed by atoms with Crippen LogP contribution in [0.3, 0.4) is 0 Å². The number of hydrogen-bond donors (Lipinski definition) is 2. The van der Waals surface area contributed by atoms with Crippen molar-refractivity contribution in [3.63, 3.8) is 0 Å². The Balaban J connectivity index is 1.39. The maximum Gasteiger partial charge on any atom is 0.338 e. The number of ether oxygens (including phenoxy) is 1. The molecule has 0 radical (unpaired) electrons. The van der Waals surface area contributed by atoms with E-state index in [1.165, 1.54) is 5.57 Å². The summed E-state index contributed by atoms with van der Waals surface area (Å²) in [4.78, 5) is 26.2. The van der Waals surface area contributed by atoms with Crippen LogP contribution >= 0.6 is 0 Å². The molecule has 0 heterocycles. The van der Waals surface area contributed by atoms with Crippen LogP contribution in [0.5, 0.6) is 0 Å². The number of carbonyl (C=O) groups is 2. The maximum absolute atomic E-state index is 13.2. The first-order chi connectivity index (χ1) is 19.6. The number of hydrogen-bond acceptors (Lipinski definition) is 4. The normalized spacial score (nSPS) is 47.5. The lowest BCUT2D eigenvalue weighted by molar-refractivity contribution is -0.232. The largest absolute Gasteiger partial charge is 0.481 e. The van der Waals surface area contributed by atoms with Crippen LogP contribution < -0.4 is 0 Å². The molecule has 5 aliphatic carbocycles. The summed E-state index contributed by atoms with van der Waals surface area (Å²) >= 11 is 0. The summed E-state index contributed by atoms with van der Waals surface area (Å²) < 4.78 is 6.15. The van der Waals surface area contributed by atoms with Gasteiger partial charge in [0.05, 0.1) is 17.1 Å². The number of aliphatic hydroxyl groups is 1. The Labute approximate surface area is 252 Å². The summed E-state index contributed by atoms with van der Waals surface area (Å²) in [6.07, 6.45) is 8.30. The zero-order chi connectivity index (χ0) is 30.5. The highest BCUT2D eigenvalue weighted by atomic mass is 16.6. The Hall–Kier alpha value is -2.14. The van der Waals surface area contributed by atoms with E-state index in [9.17, 15) is 19.8 Å². The first kappa shape index (κ1) is 29.9. The van der Waals surface area contributed by atoms with Crippen LogP contribution in [0.1, 0.15) is 110 Å². The fourth-order valence-electron chi connectivity index (χ4n) is 11.8. The minimum Gasteiger partial charge on any atom is -0.481 e. The average molecular weight is 577 g/mol. The molecule has 0 bridgehead atoms. The number of aliphatic carboxylic acids is 1. The van der Waals surface area contributed by atoms with Crippen LogP contribution in [0.4, 0.5) is 0 Å². The second kappa shape index (κ2) is 9.68. The summed E-state index contributed by atoms with van der Waals surface area (Å²) in [6.45, 7) is 16.3. The molecule has 5 nitrogen and oxygen atoms in total. The minimum atomic E-state index is -0.728. The van der Waals surface area contributed by atoms with Crippen molar-refractivity contribution in [1.29, 1.82) is 0 Å². The number of aliphatic hydroxyl groups excluding tert-OH is 1. The third kappa shape index (κ3) is 3.83. The van der Waals surface area contributed by atoms with Crippen LogP contribution in [0.15, 0.2) is 42.0 Å². The summed E-state index contributed by atoms with van der Waals surface area (Å²) in [5.74, 6) is 0.651. The van der Waals surface area contributed by atoms with Crippen LogP contribution in [-0.4, -0.2) is 34.4 Å².